The van der Waals surface area contributed by atoms with Gasteiger partial charge in [-0.1, -0.05) is 46.9 Å². The fraction of sp³-hybridized carbons (Fsp3) is 0.0769. The number of aliphatic hydroxyl groups excluding tert-OH is 1. The molecule has 2 N–H and O–H groups in total. The topological polar surface area (TPSA) is 74.6 Å². The number of benzene rings is 2. The normalized spacial score (nSPS) is 13.2. The van der Waals surface area contributed by atoms with Crippen molar-refractivity contribution in [3.63, 3.8) is 0 Å². The van der Waals surface area contributed by atoms with Gasteiger partial charge in [0.1, 0.15) is 6.10 Å². The van der Waals surface area contributed by atoms with Gasteiger partial charge >= 0.3 is 0 Å². The average molecular weight is 368 g/mol. The van der Waals surface area contributed by atoms with Crippen LogP contribution in [0.3, 0.4) is 0 Å². The molecule has 0 saturated carbocycles. The van der Waals surface area contributed by atoms with Crippen molar-refractivity contribution >= 4 is 44.9 Å². The molecule has 0 aliphatic rings. The molecule has 1 unspecified atom stereocenters. The summed E-state index contributed by atoms with van der Waals surface area (Å²) >= 11 is 17.7. The Labute approximate surface area is 136 Å². The average Bonchev–Trinajstić information content (AvgIpc) is 2.41. The van der Waals surface area contributed by atoms with E-state index in [4.69, 9.17) is 39.4 Å². The van der Waals surface area contributed by atoms with Gasteiger partial charge in [0.2, 0.25) is 0 Å². The van der Waals surface area contributed by atoms with Crippen molar-refractivity contribution in [2.75, 3.05) is 0 Å². The van der Waals surface area contributed by atoms with Gasteiger partial charge in [-0.3, -0.25) is 4.55 Å². The molecule has 0 aliphatic carbocycles. The Hall–Kier alpha value is -0.820. The molecule has 112 valence electrons. The van der Waals surface area contributed by atoms with Crippen molar-refractivity contribution in [2.24, 2.45) is 0 Å². The Morgan fingerprint density at radius 2 is 1.43 bits per heavy atom. The highest BCUT2D eigenvalue weighted by atomic mass is 35.5. The van der Waals surface area contributed by atoms with E-state index in [2.05, 4.69) is 0 Å². The summed E-state index contributed by atoms with van der Waals surface area (Å²) in [5.41, 5.74) is 0.730. The van der Waals surface area contributed by atoms with Crippen LogP contribution in [0, 0.1) is 0 Å². The van der Waals surface area contributed by atoms with Crippen LogP contribution in [-0.4, -0.2) is 18.1 Å². The molecule has 0 saturated heterocycles. The lowest BCUT2D eigenvalue weighted by Crippen LogP contribution is -2.03. The highest BCUT2D eigenvalue weighted by molar-refractivity contribution is 7.85. The van der Waals surface area contributed by atoms with Crippen molar-refractivity contribution in [3.8, 4) is 0 Å². The summed E-state index contributed by atoms with van der Waals surface area (Å²) in [6, 6.07) is 7.95. The van der Waals surface area contributed by atoms with Gasteiger partial charge in [-0.15, -0.1) is 0 Å². The maximum Gasteiger partial charge on any atom is 0.294 e. The summed E-state index contributed by atoms with van der Waals surface area (Å²) in [4.78, 5) is -0.265. The minimum absolute atomic E-state index is 0.232. The lowest BCUT2D eigenvalue weighted by Gasteiger charge is -2.14. The van der Waals surface area contributed by atoms with Gasteiger partial charge in [0.25, 0.3) is 10.1 Å². The third-order valence-corrected chi connectivity index (χ3v) is 4.75. The van der Waals surface area contributed by atoms with E-state index in [-0.39, 0.29) is 20.0 Å². The second kappa shape index (κ2) is 6.12. The third kappa shape index (κ3) is 3.69. The van der Waals surface area contributed by atoms with Gasteiger partial charge < -0.3 is 5.11 Å². The minimum atomic E-state index is -4.28. The Morgan fingerprint density at radius 1 is 0.905 bits per heavy atom. The van der Waals surface area contributed by atoms with Crippen LogP contribution in [0.25, 0.3) is 0 Å². The van der Waals surface area contributed by atoms with Gasteiger partial charge in [0, 0.05) is 10.6 Å². The summed E-state index contributed by atoms with van der Waals surface area (Å²) < 4.78 is 30.8. The first-order valence-corrected chi connectivity index (χ1v) is 8.17. The summed E-state index contributed by atoms with van der Waals surface area (Å²) in [5.74, 6) is 0. The molecule has 4 nitrogen and oxygen atoms in total. The number of aliphatic hydroxyl groups is 1. The van der Waals surface area contributed by atoms with Gasteiger partial charge in [-0.2, -0.15) is 8.42 Å². The SMILES string of the molecule is O=S(=O)(O)c1ccc(C(O)c2cc(Cl)c(Cl)cc2Cl)cc1. The van der Waals surface area contributed by atoms with Crippen molar-refractivity contribution < 1.29 is 18.1 Å². The van der Waals surface area contributed by atoms with Crippen LogP contribution in [0.4, 0.5) is 0 Å². The van der Waals surface area contributed by atoms with Gasteiger partial charge in [-0.25, -0.2) is 0 Å². The molecule has 0 aromatic heterocycles. The molecule has 0 spiro atoms. The molecule has 2 aromatic rings. The molecule has 0 heterocycles. The van der Waals surface area contributed by atoms with E-state index in [0.717, 1.165) is 0 Å². The zero-order chi connectivity index (χ0) is 15.8. The van der Waals surface area contributed by atoms with E-state index in [9.17, 15) is 13.5 Å². The lowest BCUT2D eigenvalue weighted by atomic mass is 10.0. The molecule has 0 radical (unpaired) electrons. The zero-order valence-corrected chi connectivity index (χ0v) is 13.4. The monoisotopic (exact) mass is 366 g/mol. The van der Waals surface area contributed by atoms with Crippen LogP contribution in [0.15, 0.2) is 41.3 Å². The van der Waals surface area contributed by atoms with Gasteiger partial charge in [-0.05, 0) is 29.8 Å². The fourth-order valence-corrected chi connectivity index (χ4v) is 2.89. The highest BCUT2D eigenvalue weighted by Gasteiger charge is 2.17. The van der Waals surface area contributed by atoms with Crippen LogP contribution in [-0.2, 0) is 10.1 Å². The Bertz CT molecular complexity index is 773. The van der Waals surface area contributed by atoms with Crippen molar-refractivity contribution in [1.29, 1.82) is 0 Å². The standard InChI is InChI=1S/C13H9Cl3O4S/c14-10-6-12(16)11(15)5-9(10)13(17)7-1-3-8(4-2-7)21(18,19)20/h1-6,13,17H,(H,18,19,20). The van der Waals surface area contributed by atoms with E-state index in [1.165, 1.54) is 36.4 Å². The Kier molecular flexibility index (Phi) is 4.82. The van der Waals surface area contributed by atoms with Crippen molar-refractivity contribution in [2.45, 2.75) is 11.0 Å². The van der Waals surface area contributed by atoms with Crippen molar-refractivity contribution in [3.05, 3.63) is 62.6 Å². The first kappa shape index (κ1) is 16.5. The molecule has 2 rings (SSSR count). The van der Waals surface area contributed by atoms with Crippen LogP contribution >= 0.6 is 34.8 Å². The maximum absolute atomic E-state index is 11.0. The molecular formula is C13H9Cl3O4S. The molecule has 2 aromatic carbocycles. The number of hydrogen-bond donors (Lipinski definition) is 2. The molecular weight excluding hydrogens is 359 g/mol. The van der Waals surface area contributed by atoms with Gasteiger partial charge in [0.15, 0.2) is 0 Å². The molecule has 1 atom stereocenters. The quantitative estimate of drug-likeness (QED) is 0.636. The largest absolute Gasteiger partial charge is 0.384 e. The second-order valence-electron chi connectivity index (χ2n) is 4.23. The van der Waals surface area contributed by atoms with Crippen LogP contribution in [0.2, 0.25) is 15.1 Å². The summed E-state index contributed by atoms with van der Waals surface area (Å²) in [6.45, 7) is 0. The van der Waals surface area contributed by atoms with E-state index in [1.54, 1.807) is 0 Å². The Balaban J connectivity index is 2.41. The molecule has 0 aliphatic heterocycles. The summed E-state index contributed by atoms with van der Waals surface area (Å²) in [6.07, 6.45) is -1.11. The predicted molar refractivity (Wildman–Crippen MR) is 81.8 cm³/mol. The summed E-state index contributed by atoms with van der Waals surface area (Å²) in [5, 5.41) is 11.0. The maximum atomic E-state index is 11.0. The van der Waals surface area contributed by atoms with E-state index < -0.39 is 16.2 Å². The highest BCUT2D eigenvalue weighted by Crippen LogP contribution is 2.34. The molecule has 21 heavy (non-hydrogen) atoms. The fourth-order valence-electron chi connectivity index (χ4n) is 1.75. The second-order valence-corrected chi connectivity index (χ2v) is 6.88. The van der Waals surface area contributed by atoms with E-state index in [0.29, 0.717) is 11.1 Å². The van der Waals surface area contributed by atoms with E-state index >= 15 is 0 Å². The van der Waals surface area contributed by atoms with E-state index in [1.807, 2.05) is 0 Å². The smallest absolute Gasteiger partial charge is 0.294 e. The number of rotatable bonds is 3. The molecule has 0 bridgehead atoms. The zero-order valence-electron chi connectivity index (χ0n) is 10.3. The Morgan fingerprint density at radius 3 is 1.95 bits per heavy atom. The number of halogens is 3. The van der Waals surface area contributed by atoms with Crippen molar-refractivity contribution in [1.82, 2.24) is 0 Å². The van der Waals surface area contributed by atoms with Crippen LogP contribution < -0.4 is 0 Å². The molecule has 8 heteroatoms. The summed E-state index contributed by atoms with van der Waals surface area (Å²) in [7, 11) is -4.28. The predicted octanol–water partition coefficient (Wildman–Crippen LogP) is 3.98. The molecule has 0 fully saturated rings. The number of hydrogen-bond acceptors (Lipinski definition) is 3. The minimum Gasteiger partial charge on any atom is -0.384 e. The molecule has 0 amide bonds. The first-order chi connectivity index (χ1) is 9.70. The van der Waals surface area contributed by atoms with Crippen LogP contribution in [0.1, 0.15) is 17.2 Å². The first-order valence-electron chi connectivity index (χ1n) is 5.60. The third-order valence-electron chi connectivity index (χ3n) is 2.83. The lowest BCUT2D eigenvalue weighted by molar-refractivity contribution is 0.220. The van der Waals surface area contributed by atoms with Crippen LogP contribution in [0.5, 0.6) is 0 Å². The van der Waals surface area contributed by atoms with Gasteiger partial charge in [0.05, 0.1) is 14.9 Å².